The first kappa shape index (κ1) is 10.1. The Morgan fingerprint density at radius 2 is 1.88 bits per heavy atom. The molecule has 0 aliphatic heterocycles. The zero-order valence-corrected chi connectivity index (χ0v) is 9.35. The summed E-state index contributed by atoms with van der Waals surface area (Å²) in [5, 5.41) is 12.9. The second kappa shape index (κ2) is 4.05. The summed E-state index contributed by atoms with van der Waals surface area (Å²) in [5.41, 5.74) is 2.80. The van der Waals surface area contributed by atoms with Crippen LogP contribution in [0.4, 0.5) is 11.6 Å². The van der Waals surface area contributed by atoms with Gasteiger partial charge in [-0.3, -0.25) is 0 Å². The highest BCUT2D eigenvalue weighted by atomic mass is 16.3. The molecule has 0 amide bonds. The van der Waals surface area contributed by atoms with Crippen molar-refractivity contribution in [3.05, 3.63) is 41.6 Å². The van der Waals surface area contributed by atoms with Crippen LogP contribution in [0.1, 0.15) is 17.7 Å². The zero-order chi connectivity index (χ0) is 11.7. The second-order valence-electron chi connectivity index (χ2n) is 4.14. The minimum absolute atomic E-state index is 0.117. The van der Waals surface area contributed by atoms with Gasteiger partial charge in [-0.15, -0.1) is 0 Å². The van der Waals surface area contributed by atoms with Gasteiger partial charge in [0, 0.05) is 11.3 Å². The zero-order valence-electron chi connectivity index (χ0n) is 9.35. The maximum atomic E-state index is 9.80. The topological polar surface area (TPSA) is 58.0 Å². The van der Waals surface area contributed by atoms with E-state index in [-0.39, 0.29) is 5.88 Å². The van der Waals surface area contributed by atoms with Gasteiger partial charge in [0.2, 0.25) is 11.8 Å². The van der Waals surface area contributed by atoms with Crippen molar-refractivity contribution in [3.8, 4) is 5.88 Å². The van der Waals surface area contributed by atoms with Gasteiger partial charge in [-0.25, -0.2) is 4.98 Å². The Morgan fingerprint density at radius 3 is 2.71 bits per heavy atom. The summed E-state index contributed by atoms with van der Waals surface area (Å²) in [4.78, 5) is 8.50. The van der Waals surface area contributed by atoms with E-state index >= 15 is 0 Å². The Morgan fingerprint density at radius 1 is 1.06 bits per heavy atom. The van der Waals surface area contributed by atoms with E-state index in [2.05, 4.69) is 15.3 Å². The molecule has 0 bridgehead atoms. The van der Waals surface area contributed by atoms with Gasteiger partial charge in [0.05, 0.1) is 5.69 Å². The lowest BCUT2D eigenvalue weighted by Crippen LogP contribution is -2.00. The number of hydrogen-bond acceptors (Lipinski definition) is 4. The van der Waals surface area contributed by atoms with E-state index in [0.29, 0.717) is 5.95 Å². The van der Waals surface area contributed by atoms with Gasteiger partial charge in [-0.1, -0.05) is 18.2 Å². The van der Waals surface area contributed by atoms with Crippen molar-refractivity contribution in [3.63, 3.8) is 0 Å². The highest BCUT2D eigenvalue weighted by Gasteiger charge is 2.18. The molecule has 0 fully saturated rings. The first-order chi connectivity index (χ1) is 8.33. The van der Waals surface area contributed by atoms with E-state index in [1.165, 1.54) is 0 Å². The van der Waals surface area contributed by atoms with Gasteiger partial charge in [0.15, 0.2) is 0 Å². The predicted molar refractivity (Wildman–Crippen MR) is 65.4 cm³/mol. The first-order valence-electron chi connectivity index (χ1n) is 5.74. The minimum Gasteiger partial charge on any atom is -0.493 e. The lowest BCUT2D eigenvalue weighted by atomic mass is 10.2. The average molecular weight is 227 g/mol. The van der Waals surface area contributed by atoms with Crippen LogP contribution in [0.5, 0.6) is 5.88 Å². The van der Waals surface area contributed by atoms with Crippen LogP contribution >= 0.6 is 0 Å². The van der Waals surface area contributed by atoms with Gasteiger partial charge in [0.25, 0.3) is 0 Å². The summed E-state index contributed by atoms with van der Waals surface area (Å²) < 4.78 is 0. The van der Waals surface area contributed by atoms with Gasteiger partial charge in [-0.05, 0) is 31.4 Å². The molecule has 86 valence electrons. The monoisotopic (exact) mass is 227 g/mol. The lowest BCUT2D eigenvalue weighted by Gasteiger charge is -2.07. The van der Waals surface area contributed by atoms with Crippen LogP contribution in [-0.2, 0) is 12.8 Å². The van der Waals surface area contributed by atoms with Crippen LogP contribution in [-0.4, -0.2) is 15.1 Å². The number of aryl methyl sites for hydroxylation is 1. The van der Waals surface area contributed by atoms with Crippen LogP contribution in [0.2, 0.25) is 0 Å². The van der Waals surface area contributed by atoms with Crippen molar-refractivity contribution >= 4 is 11.6 Å². The van der Waals surface area contributed by atoms with Gasteiger partial charge >= 0.3 is 0 Å². The Balaban J connectivity index is 1.92. The van der Waals surface area contributed by atoms with Crippen molar-refractivity contribution in [1.82, 2.24) is 9.97 Å². The molecule has 1 aliphatic carbocycles. The maximum absolute atomic E-state index is 9.80. The molecule has 1 heterocycles. The quantitative estimate of drug-likeness (QED) is 0.827. The second-order valence-corrected chi connectivity index (χ2v) is 4.14. The molecule has 0 saturated heterocycles. The van der Waals surface area contributed by atoms with Crippen molar-refractivity contribution in [1.29, 1.82) is 0 Å². The Labute approximate surface area is 99.4 Å². The van der Waals surface area contributed by atoms with E-state index in [0.717, 1.165) is 36.2 Å². The normalized spacial score (nSPS) is 13.4. The summed E-state index contributed by atoms with van der Waals surface area (Å²) >= 11 is 0. The lowest BCUT2D eigenvalue weighted by molar-refractivity contribution is 0.446. The predicted octanol–water partition coefficient (Wildman–Crippen LogP) is 2.41. The largest absolute Gasteiger partial charge is 0.493 e. The molecule has 0 radical (unpaired) electrons. The molecule has 1 aromatic heterocycles. The van der Waals surface area contributed by atoms with Crippen LogP contribution in [0.25, 0.3) is 0 Å². The molecule has 2 aromatic rings. The fourth-order valence-electron chi connectivity index (χ4n) is 2.12. The number of nitrogens with one attached hydrogen (secondary N) is 1. The van der Waals surface area contributed by atoms with Crippen LogP contribution in [0.3, 0.4) is 0 Å². The molecule has 1 aliphatic rings. The molecule has 17 heavy (non-hydrogen) atoms. The van der Waals surface area contributed by atoms with Crippen molar-refractivity contribution in [2.75, 3.05) is 5.32 Å². The Bertz CT molecular complexity index is 540. The van der Waals surface area contributed by atoms with Crippen molar-refractivity contribution in [2.45, 2.75) is 19.3 Å². The standard InChI is InChI=1S/C13H13N3O/c17-12-10-7-4-8-11(10)15-13(16-12)14-9-5-2-1-3-6-9/h1-3,5-6H,4,7-8H2,(H2,14,15,16,17). The van der Waals surface area contributed by atoms with E-state index in [1.807, 2.05) is 30.3 Å². The molecule has 2 N–H and O–H groups in total. The average Bonchev–Trinajstić information content (AvgIpc) is 2.79. The van der Waals surface area contributed by atoms with E-state index < -0.39 is 0 Å². The van der Waals surface area contributed by atoms with Crippen molar-refractivity contribution < 1.29 is 5.11 Å². The van der Waals surface area contributed by atoms with E-state index in [1.54, 1.807) is 0 Å². The smallest absolute Gasteiger partial charge is 0.230 e. The fourth-order valence-corrected chi connectivity index (χ4v) is 2.12. The number of anilines is 2. The van der Waals surface area contributed by atoms with Crippen LogP contribution < -0.4 is 5.32 Å². The van der Waals surface area contributed by atoms with Crippen molar-refractivity contribution in [2.24, 2.45) is 0 Å². The highest BCUT2D eigenvalue weighted by Crippen LogP contribution is 2.28. The summed E-state index contributed by atoms with van der Waals surface area (Å²) in [5.74, 6) is 0.584. The highest BCUT2D eigenvalue weighted by molar-refractivity contribution is 5.54. The third kappa shape index (κ3) is 1.93. The molecule has 3 rings (SSSR count). The Kier molecular flexibility index (Phi) is 2.40. The summed E-state index contributed by atoms with van der Waals surface area (Å²) in [6.07, 6.45) is 2.86. The molecule has 0 unspecified atom stereocenters. The number of para-hydroxylation sites is 1. The van der Waals surface area contributed by atoms with E-state index in [9.17, 15) is 5.11 Å². The first-order valence-corrected chi connectivity index (χ1v) is 5.74. The molecule has 0 atom stereocenters. The number of aromatic nitrogens is 2. The number of nitrogens with zero attached hydrogens (tertiary/aromatic N) is 2. The van der Waals surface area contributed by atoms with Gasteiger partial charge < -0.3 is 10.4 Å². The minimum atomic E-state index is 0.117. The fraction of sp³-hybridized carbons (Fsp3) is 0.231. The molecular formula is C13H13N3O. The number of benzene rings is 1. The number of hydrogen-bond donors (Lipinski definition) is 2. The van der Waals surface area contributed by atoms with Gasteiger partial charge in [0.1, 0.15) is 0 Å². The Hall–Kier alpha value is -2.10. The summed E-state index contributed by atoms with van der Waals surface area (Å²) in [6, 6.07) is 9.71. The summed E-state index contributed by atoms with van der Waals surface area (Å²) in [6.45, 7) is 0. The third-order valence-electron chi connectivity index (χ3n) is 2.94. The molecule has 4 heteroatoms. The van der Waals surface area contributed by atoms with Gasteiger partial charge in [-0.2, -0.15) is 4.98 Å². The number of rotatable bonds is 2. The molecular weight excluding hydrogens is 214 g/mol. The number of aromatic hydroxyl groups is 1. The summed E-state index contributed by atoms with van der Waals surface area (Å²) in [7, 11) is 0. The SMILES string of the molecule is Oc1nc(Nc2ccccc2)nc2c1CCC2. The third-order valence-corrected chi connectivity index (χ3v) is 2.94. The van der Waals surface area contributed by atoms with Crippen LogP contribution in [0, 0.1) is 0 Å². The van der Waals surface area contributed by atoms with Crippen LogP contribution in [0.15, 0.2) is 30.3 Å². The molecule has 1 aromatic carbocycles. The molecule has 0 saturated carbocycles. The molecule has 0 spiro atoms. The number of fused-ring (bicyclic) bond motifs is 1. The van der Waals surface area contributed by atoms with E-state index in [4.69, 9.17) is 0 Å². The maximum Gasteiger partial charge on any atom is 0.230 e. The molecule has 4 nitrogen and oxygen atoms in total.